The van der Waals surface area contributed by atoms with Gasteiger partial charge >= 0.3 is 0 Å². The lowest BCUT2D eigenvalue weighted by Gasteiger charge is -2.41. The smallest absolute Gasteiger partial charge is 0.258 e. The number of benzene rings is 4. The van der Waals surface area contributed by atoms with Gasteiger partial charge < -0.3 is 10.2 Å². The van der Waals surface area contributed by atoms with Gasteiger partial charge in [0.05, 0.1) is 5.56 Å². The molecule has 1 aliphatic heterocycles. The second-order valence-corrected chi connectivity index (χ2v) is 7.63. The van der Waals surface area contributed by atoms with Gasteiger partial charge in [-0.1, -0.05) is 60.7 Å². The summed E-state index contributed by atoms with van der Waals surface area (Å²) in [5.74, 6) is 0.0753. The molecule has 1 unspecified atom stereocenters. The van der Waals surface area contributed by atoms with Gasteiger partial charge in [-0.05, 0) is 53.6 Å². The van der Waals surface area contributed by atoms with Crippen molar-refractivity contribution in [2.75, 3.05) is 5.32 Å². The minimum absolute atomic E-state index is 0.0658. The van der Waals surface area contributed by atoms with Gasteiger partial charge in [-0.3, -0.25) is 4.79 Å². The Morgan fingerprint density at radius 2 is 1.39 bits per heavy atom. The minimum Gasteiger partial charge on any atom is -0.361 e. The summed E-state index contributed by atoms with van der Waals surface area (Å²) in [5, 5.41) is 8.40. The fourth-order valence-electron chi connectivity index (χ4n) is 4.36. The maximum atomic E-state index is 13.4. The van der Waals surface area contributed by atoms with Crippen molar-refractivity contribution in [2.45, 2.75) is 26.1 Å². The van der Waals surface area contributed by atoms with Crippen molar-refractivity contribution in [3.63, 3.8) is 0 Å². The first-order valence-electron chi connectivity index (χ1n) is 9.74. The van der Waals surface area contributed by atoms with Crippen molar-refractivity contribution < 1.29 is 4.79 Å². The second-order valence-electron chi connectivity index (χ2n) is 7.63. The van der Waals surface area contributed by atoms with Crippen LogP contribution in [-0.2, 0) is 0 Å². The lowest BCUT2D eigenvalue weighted by molar-refractivity contribution is 0.0620. The summed E-state index contributed by atoms with van der Waals surface area (Å²) in [7, 11) is 0. The Bertz CT molecular complexity index is 1160. The topological polar surface area (TPSA) is 32.3 Å². The van der Waals surface area contributed by atoms with Gasteiger partial charge in [0.2, 0.25) is 0 Å². The molecule has 0 aromatic heterocycles. The summed E-state index contributed by atoms with van der Waals surface area (Å²) in [4.78, 5) is 15.4. The molecule has 28 heavy (non-hydrogen) atoms. The lowest BCUT2D eigenvalue weighted by atomic mass is 9.92. The van der Waals surface area contributed by atoms with Gasteiger partial charge in [0.1, 0.15) is 6.17 Å². The van der Waals surface area contributed by atoms with E-state index < -0.39 is 0 Å². The van der Waals surface area contributed by atoms with Crippen molar-refractivity contribution in [1.82, 2.24) is 4.90 Å². The molecule has 0 aliphatic carbocycles. The van der Waals surface area contributed by atoms with Crippen molar-refractivity contribution in [3.05, 3.63) is 90.0 Å². The fraction of sp³-hybridized carbons (Fsp3) is 0.160. The first kappa shape index (κ1) is 16.8. The summed E-state index contributed by atoms with van der Waals surface area (Å²) >= 11 is 0. The molecular weight excluding hydrogens is 344 g/mol. The number of anilines is 1. The molecule has 1 atom stereocenters. The highest BCUT2D eigenvalue weighted by molar-refractivity contribution is 6.06. The van der Waals surface area contributed by atoms with E-state index in [0.717, 1.165) is 16.8 Å². The highest BCUT2D eigenvalue weighted by Gasteiger charge is 2.35. The zero-order valence-corrected chi connectivity index (χ0v) is 16.0. The van der Waals surface area contributed by atoms with Crippen LogP contribution in [0.1, 0.15) is 35.9 Å². The number of nitrogens with zero attached hydrogens (tertiary/aromatic N) is 1. The van der Waals surface area contributed by atoms with Gasteiger partial charge in [-0.25, -0.2) is 0 Å². The normalized spacial score (nSPS) is 16.5. The highest BCUT2D eigenvalue weighted by Crippen LogP contribution is 2.40. The third-order valence-corrected chi connectivity index (χ3v) is 5.61. The molecule has 0 spiro atoms. The Kier molecular flexibility index (Phi) is 3.83. The van der Waals surface area contributed by atoms with Gasteiger partial charge in [-0.2, -0.15) is 0 Å². The number of amides is 1. The third-order valence-electron chi connectivity index (χ3n) is 5.61. The monoisotopic (exact) mass is 366 g/mol. The zero-order valence-electron chi connectivity index (χ0n) is 16.0. The number of rotatable bonds is 2. The number of fused-ring (bicyclic) bond motifs is 3. The van der Waals surface area contributed by atoms with Crippen molar-refractivity contribution >= 4 is 33.1 Å². The molecule has 5 rings (SSSR count). The number of para-hydroxylation sites is 1. The zero-order chi connectivity index (χ0) is 19.3. The number of hydrogen-bond acceptors (Lipinski definition) is 2. The van der Waals surface area contributed by atoms with E-state index >= 15 is 0 Å². The number of nitrogens with one attached hydrogen (secondary N) is 1. The Morgan fingerprint density at radius 1 is 0.821 bits per heavy atom. The van der Waals surface area contributed by atoms with Crippen LogP contribution in [0.3, 0.4) is 0 Å². The largest absolute Gasteiger partial charge is 0.361 e. The summed E-state index contributed by atoms with van der Waals surface area (Å²) in [6.07, 6.45) is -0.224. The molecule has 4 aromatic rings. The summed E-state index contributed by atoms with van der Waals surface area (Å²) < 4.78 is 0. The third kappa shape index (κ3) is 2.47. The molecule has 1 aliphatic rings. The lowest BCUT2D eigenvalue weighted by Crippen LogP contribution is -2.46. The fourth-order valence-corrected chi connectivity index (χ4v) is 4.36. The molecule has 0 bridgehead atoms. The molecule has 138 valence electrons. The molecule has 4 aromatic carbocycles. The van der Waals surface area contributed by atoms with Crippen LogP contribution < -0.4 is 5.32 Å². The standard InChI is InChI=1S/C25H22N2O/c1-16(2)27-24(26-22-14-8-7-13-21(22)25(27)28)23-19-11-5-3-9-17(19)15-18-10-4-6-12-20(18)23/h3-16,24,26H,1-2H3. The van der Waals surface area contributed by atoms with Crippen molar-refractivity contribution in [1.29, 1.82) is 0 Å². The van der Waals surface area contributed by atoms with Crippen LogP contribution in [0.5, 0.6) is 0 Å². The quantitative estimate of drug-likeness (QED) is 0.443. The number of carbonyl (C=O) groups is 1. The van der Waals surface area contributed by atoms with E-state index in [4.69, 9.17) is 0 Å². The molecule has 1 heterocycles. The van der Waals surface area contributed by atoms with Gasteiger partial charge in [0, 0.05) is 17.3 Å². The van der Waals surface area contributed by atoms with Crippen LogP contribution in [0.15, 0.2) is 78.9 Å². The maximum absolute atomic E-state index is 13.4. The van der Waals surface area contributed by atoms with E-state index in [2.05, 4.69) is 73.8 Å². The van der Waals surface area contributed by atoms with E-state index in [0.29, 0.717) is 0 Å². The number of hydrogen-bond donors (Lipinski definition) is 1. The molecule has 1 N–H and O–H groups in total. The average molecular weight is 366 g/mol. The van der Waals surface area contributed by atoms with E-state index in [1.54, 1.807) is 0 Å². The molecule has 3 heteroatoms. The Morgan fingerprint density at radius 3 is 2.04 bits per heavy atom. The molecule has 1 amide bonds. The van der Waals surface area contributed by atoms with Crippen molar-refractivity contribution in [3.8, 4) is 0 Å². The molecule has 0 fully saturated rings. The Labute approximate surface area is 164 Å². The van der Waals surface area contributed by atoms with E-state index in [9.17, 15) is 4.79 Å². The highest BCUT2D eigenvalue weighted by atomic mass is 16.2. The van der Waals surface area contributed by atoms with Crippen LogP contribution in [0.25, 0.3) is 21.5 Å². The summed E-state index contributed by atoms with van der Waals surface area (Å²) in [5.41, 5.74) is 2.79. The summed E-state index contributed by atoms with van der Waals surface area (Å²) in [6, 6.07) is 26.9. The van der Waals surface area contributed by atoms with Gasteiger partial charge in [-0.15, -0.1) is 0 Å². The van der Waals surface area contributed by atoms with Crippen LogP contribution in [0, 0.1) is 0 Å². The van der Waals surface area contributed by atoms with Crippen LogP contribution in [0.4, 0.5) is 5.69 Å². The predicted octanol–water partition coefficient (Wildman–Crippen LogP) is 5.97. The molecule has 0 saturated heterocycles. The molecular formula is C25H22N2O. The van der Waals surface area contributed by atoms with E-state index in [1.165, 1.54) is 21.5 Å². The summed E-state index contributed by atoms with van der Waals surface area (Å²) in [6.45, 7) is 4.15. The van der Waals surface area contributed by atoms with Gasteiger partial charge in [0.15, 0.2) is 0 Å². The molecule has 0 radical (unpaired) electrons. The van der Waals surface area contributed by atoms with E-state index in [1.807, 2.05) is 29.2 Å². The first-order chi connectivity index (χ1) is 13.6. The van der Waals surface area contributed by atoms with Crippen molar-refractivity contribution in [2.24, 2.45) is 0 Å². The SMILES string of the molecule is CC(C)N1C(=O)c2ccccc2NC1c1c2ccccc2cc2ccccc12. The van der Waals surface area contributed by atoms with Crippen LogP contribution in [-0.4, -0.2) is 16.8 Å². The molecule has 3 nitrogen and oxygen atoms in total. The maximum Gasteiger partial charge on any atom is 0.258 e. The van der Waals surface area contributed by atoms with Crippen LogP contribution in [0.2, 0.25) is 0 Å². The van der Waals surface area contributed by atoms with Gasteiger partial charge in [0.25, 0.3) is 5.91 Å². The minimum atomic E-state index is -0.224. The predicted molar refractivity (Wildman–Crippen MR) is 116 cm³/mol. The van der Waals surface area contributed by atoms with E-state index in [-0.39, 0.29) is 18.1 Å². The Balaban J connectivity index is 1.84. The Hall–Kier alpha value is -3.33. The second kappa shape index (κ2) is 6.38. The first-order valence-corrected chi connectivity index (χ1v) is 9.74. The van der Waals surface area contributed by atoms with Crippen LogP contribution >= 0.6 is 0 Å². The molecule has 0 saturated carbocycles. The average Bonchev–Trinajstić information content (AvgIpc) is 2.71. The number of carbonyl (C=O) groups excluding carboxylic acids is 1.